The number of benzene rings is 2. The number of fused-ring (bicyclic) bond motifs is 1. The summed E-state index contributed by atoms with van der Waals surface area (Å²) < 4.78 is 34.5. The summed E-state index contributed by atoms with van der Waals surface area (Å²) in [5.74, 6) is 2.40. The summed E-state index contributed by atoms with van der Waals surface area (Å²) >= 11 is 0. The Kier molecular flexibility index (Phi) is 9.59. The van der Waals surface area contributed by atoms with Gasteiger partial charge in [-0.25, -0.2) is 18.5 Å². The van der Waals surface area contributed by atoms with Crippen LogP contribution in [0.25, 0.3) is 0 Å². The van der Waals surface area contributed by atoms with Gasteiger partial charge in [-0.2, -0.15) is 0 Å². The summed E-state index contributed by atoms with van der Waals surface area (Å²) in [6.45, 7) is 8.23. The lowest BCUT2D eigenvalue weighted by Crippen LogP contribution is -2.36. The van der Waals surface area contributed by atoms with E-state index in [1.165, 1.54) is 17.7 Å². The van der Waals surface area contributed by atoms with Crippen LogP contribution in [0.15, 0.2) is 46.3 Å². The van der Waals surface area contributed by atoms with Crippen molar-refractivity contribution in [3.8, 4) is 11.5 Å². The maximum absolute atomic E-state index is 11.4. The average molecular weight is 574 g/mol. The molecule has 1 unspecified atom stereocenters. The standard InChI is InChI=1S/C22H30N4O4S.HI/c1-4-24-22(25-13-16-6-8-19(9-7-16)31(23,27)28)26-14-18-12-21-17(10-15(3)30-21)11-20(18)29-5-2;/h6-9,11-12,15H,4-5,10,13-14H2,1-3H3,(H2,23,27,28)(H2,24,25,26);1H. The highest BCUT2D eigenvalue weighted by Crippen LogP contribution is 2.35. The van der Waals surface area contributed by atoms with E-state index in [2.05, 4.69) is 28.6 Å². The van der Waals surface area contributed by atoms with Crippen LogP contribution in [0.4, 0.5) is 0 Å². The molecule has 32 heavy (non-hydrogen) atoms. The molecule has 1 aliphatic heterocycles. The average Bonchev–Trinajstić information content (AvgIpc) is 3.08. The Balaban J connectivity index is 0.00000363. The van der Waals surface area contributed by atoms with Gasteiger partial charge in [0.1, 0.15) is 17.6 Å². The number of nitrogens with one attached hydrogen (secondary N) is 2. The second-order valence-corrected chi connectivity index (χ2v) is 8.93. The Bertz CT molecular complexity index is 1040. The first-order chi connectivity index (χ1) is 14.8. The molecule has 10 heteroatoms. The number of primary sulfonamides is 1. The van der Waals surface area contributed by atoms with Crippen molar-refractivity contribution in [2.45, 2.75) is 51.3 Å². The van der Waals surface area contributed by atoms with E-state index >= 15 is 0 Å². The minimum atomic E-state index is -3.70. The Labute approximate surface area is 207 Å². The monoisotopic (exact) mass is 574 g/mol. The Morgan fingerprint density at radius 3 is 2.56 bits per heavy atom. The minimum absolute atomic E-state index is 0. The SMILES string of the molecule is CCNC(=NCc1ccc(S(N)(=O)=O)cc1)NCc1cc2c(cc1OCC)CC(C)O2.I. The van der Waals surface area contributed by atoms with Gasteiger partial charge in [0.2, 0.25) is 10.0 Å². The van der Waals surface area contributed by atoms with E-state index in [0.717, 1.165) is 29.0 Å². The van der Waals surface area contributed by atoms with Gasteiger partial charge in [0.05, 0.1) is 18.0 Å². The highest BCUT2D eigenvalue weighted by atomic mass is 127. The first kappa shape index (κ1) is 26.2. The van der Waals surface area contributed by atoms with Crippen LogP contribution >= 0.6 is 24.0 Å². The molecule has 0 saturated carbocycles. The second kappa shape index (κ2) is 11.7. The van der Waals surface area contributed by atoms with Gasteiger partial charge >= 0.3 is 0 Å². The Morgan fingerprint density at radius 2 is 1.94 bits per heavy atom. The molecule has 2 aromatic carbocycles. The number of hydrogen-bond acceptors (Lipinski definition) is 5. The lowest BCUT2D eigenvalue weighted by atomic mass is 10.1. The molecule has 4 N–H and O–H groups in total. The van der Waals surface area contributed by atoms with Crippen molar-refractivity contribution in [1.82, 2.24) is 10.6 Å². The van der Waals surface area contributed by atoms with E-state index in [9.17, 15) is 8.42 Å². The number of sulfonamides is 1. The number of nitrogens with zero attached hydrogens (tertiary/aromatic N) is 1. The lowest BCUT2D eigenvalue weighted by Gasteiger charge is -2.15. The summed E-state index contributed by atoms with van der Waals surface area (Å²) in [5.41, 5.74) is 3.04. The van der Waals surface area contributed by atoms with Crippen LogP contribution in [-0.4, -0.2) is 33.6 Å². The number of aliphatic imine (C=N–C) groups is 1. The van der Waals surface area contributed by atoms with Gasteiger partial charge in [0, 0.05) is 30.6 Å². The van der Waals surface area contributed by atoms with Crippen LogP contribution in [-0.2, 0) is 29.5 Å². The third-order valence-corrected chi connectivity index (χ3v) is 5.77. The maximum atomic E-state index is 11.4. The highest BCUT2D eigenvalue weighted by molar-refractivity contribution is 14.0. The van der Waals surface area contributed by atoms with E-state index in [0.29, 0.717) is 32.2 Å². The fraction of sp³-hybridized carbons (Fsp3) is 0.409. The molecule has 0 aromatic heterocycles. The first-order valence-electron chi connectivity index (χ1n) is 10.4. The van der Waals surface area contributed by atoms with Crippen LogP contribution in [0.5, 0.6) is 11.5 Å². The van der Waals surface area contributed by atoms with E-state index in [1.807, 2.05) is 19.9 Å². The number of guanidine groups is 1. The van der Waals surface area contributed by atoms with E-state index in [-0.39, 0.29) is 35.0 Å². The number of rotatable bonds is 8. The van der Waals surface area contributed by atoms with Crippen LogP contribution < -0.4 is 25.2 Å². The zero-order valence-electron chi connectivity index (χ0n) is 18.6. The van der Waals surface area contributed by atoms with Gasteiger partial charge < -0.3 is 20.1 Å². The quantitative estimate of drug-likeness (QED) is 0.254. The topological polar surface area (TPSA) is 115 Å². The smallest absolute Gasteiger partial charge is 0.238 e. The van der Waals surface area contributed by atoms with Crippen molar-refractivity contribution in [3.63, 3.8) is 0 Å². The van der Waals surface area contributed by atoms with Crippen molar-refractivity contribution >= 4 is 40.0 Å². The molecule has 0 radical (unpaired) electrons. The van der Waals surface area contributed by atoms with Crippen LogP contribution in [0.3, 0.4) is 0 Å². The molecule has 1 aliphatic rings. The molecule has 0 amide bonds. The van der Waals surface area contributed by atoms with Crippen molar-refractivity contribution in [3.05, 3.63) is 53.1 Å². The normalized spacial score (nSPS) is 15.4. The molecule has 0 fully saturated rings. The summed E-state index contributed by atoms with van der Waals surface area (Å²) in [7, 11) is -3.70. The molecule has 3 rings (SSSR count). The fourth-order valence-corrected chi connectivity index (χ4v) is 3.90. The molecule has 0 saturated heterocycles. The molecule has 2 aromatic rings. The molecule has 8 nitrogen and oxygen atoms in total. The number of nitrogens with two attached hydrogens (primary N) is 1. The molecule has 1 atom stereocenters. The molecule has 0 aliphatic carbocycles. The van der Waals surface area contributed by atoms with E-state index in [1.54, 1.807) is 12.1 Å². The molecule has 176 valence electrons. The zero-order chi connectivity index (χ0) is 22.4. The largest absolute Gasteiger partial charge is 0.494 e. The molecule has 0 spiro atoms. The number of halogens is 1. The maximum Gasteiger partial charge on any atom is 0.238 e. The Hall–Kier alpha value is -2.05. The summed E-state index contributed by atoms with van der Waals surface area (Å²) in [5, 5.41) is 11.7. The van der Waals surface area contributed by atoms with Crippen molar-refractivity contribution in [2.24, 2.45) is 10.1 Å². The van der Waals surface area contributed by atoms with Crippen LogP contribution in [0, 0.1) is 0 Å². The Morgan fingerprint density at radius 1 is 1.22 bits per heavy atom. The molecule has 1 heterocycles. The van der Waals surface area contributed by atoms with Gasteiger partial charge in [0.15, 0.2) is 5.96 Å². The second-order valence-electron chi connectivity index (χ2n) is 7.37. The van der Waals surface area contributed by atoms with Gasteiger partial charge in [-0.15, -0.1) is 24.0 Å². The van der Waals surface area contributed by atoms with E-state index in [4.69, 9.17) is 14.6 Å². The van der Waals surface area contributed by atoms with Crippen molar-refractivity contribution in [1.29, 1.82) is 0 Å². The lowest BCUT2D eigenvalue weighted by molar-refractivity contribution is 0.254. The summed E-state index contributed by atoms with van der Waals surface area (Å²) in [4.78, 5) is 4.68. The predicted octanol–water partition coefficient (Wildman–Crippen LogP) is 2.93. The van der Waals surface area contributed by atoms with E-state index < -0.39 is 10.0 Å². The van der Waals surface area contributed by atoms with Crippen molar-refractivity contribution in [2.75, 3.05) is 13.2 Å². The van der Waals surface area contributed by atoms with Crippen molar-refractivity contribution < 1.29 is 17.9 Å². The minimum Gasteiger partial charge on any atom is -0.494 e. The van der Waals surface area contributed by atoms with Crippen LogP contribution in [0.1, 0.15) is 37.5 Å². The van der Waals surface area contributed by atoms with Gasteiger partial charge in [0.25, 0.3) is 0 Å². The number of hydrogen-bond donors (Lipinski definition) is 3. The third-order valence-electron chi connectivity index (χ3n) is 4.84. The van der Waals surface area contributed by atoms with Gasteiger partial charge in [-0.3, -0.25) is 0 Å². The predicted molar refractivity (Wildman–Crippen MR) is 136 cm³/mol. The molecular weight excluding hydrogens is 543 g/mol. The zero-order valence-corrected chi connectivity index (χ0v) is 21.7. The van der Waals surface area contributed by atoms with Gasteiger partial charge in [-0.1, -0.05) is 12.1 Å². The molecule has 0 bridgehead atoms. The molecular formula is C22H31IN4O4S. The summed E-state index contributed by atoms with van der Waals surface area (Å²) in [6, 6.07) is 10.5. The van der Waals surface area contributed by atoms with Gasteiger partial charge in [-0.05, 0) is 50.6 Å². The summed E-state index contributed by atoms with van der Waals surface area (Å²) in [6.07, 6.45) is 1.06. The fourth-order valence-electron chi connectivity index (χ4n) is 3.39. The van der Waals surface area contributed by atoms with Crippen LogP contribution in [0.2, 0.25) is 0 Å². The highest BCUT2D eigenvalue weighted by Gasteiger charge is 2.22. The first-order valence-corrected chi connectivity index (χ1v) is 11.9. The third kappa shape index (κ3) is 6.97. The number of ether oxygens (including phenoxy) is 2.